The molecule has 0 aliphatic carbocycles. The molecule has 1 amide bonds. The van der Waals surface area contributed by atoms with Gasteiger partial charge in [0.1, 0.15) is 10.7 Å². The molecule has 0 unspecified atom stereocenters. The minimum atomic E-state index is -0.650. The fourth-order valence-corrected chi connectivity index (χ4v) is 2.40. The van der Waals surface area contributed by atoms with Gasteiger partial charge in [0.25, 0.3) is 5.91 Å². The van der Waals surface area contributed by atoms with Crippen LogP contribution in [0.25, 0.3) is 0 Å². The second kappa shape index (κ2) is 7.49. The molecule has 1 aromatic carbocycles. The monoisotopic (exact) mass is 349 g/mol. The molecule has 0 saturated carbocycles. The summed E-state index contributed by atoms with van der Waals surface area (Å²) in [5, 5.41) is 4.50. The zero-order valence-corrected chi connectivity index (χ0v) is 14.9. The van der Waals surface area contributed by atoms with Crippen molar-refractivity contribution < 1.29 is 14.3 Å². The first-order valence-corrected chi connectivity index (χ1v) is 7.83. The molecule has 6 nitrogen and oxygen atoms in total. The van der Waals surface area contributed by atoms with Crippen molar-refractivity contribution in [3.05, 3.63) is 51.8 Å². The van der Waals surface area contributed by atoms with Crippen LogP contribution in [0.2, 0.25) is 5.15 Å². The van der Waals surface area contributed by atoms with Gasteiger partial charge in [-0.25, -0.2) is 9.48 Å². The van der Waals surface area contributed by atoms with Gasteiger partial charge >= 0.3 is 5.97 Å². The van der Waals surface area contributed by atoms with Gasteiger partial charge in [-0.3, -0.25) is 4.79 Å². The molecule has 2 aromatic rings. The quantitative estimate of drug-likeness (QED) is 0.778. The third-order valence-corrected chi connectivity index (χ3v) is 3.93. The van der Waals surface area contributed by atoms with Crippen molar-refractivity contribution >= 4 is 23.5 Å². The number of carbonyl (C=O) groups excluding carboxylic acids is 2. The molecule has 0 spiro atoms. The molecule has 0 N–H and O–H groups in total. The maximum Gasteiger partial charge on any atom is 0.343 e. The molecule has 0 radical (unpaired) electrons. The smallest absolute Gasteiger partial charge is 0.343 e. The Bertz CT molecular complexity index is 751. The lowest BCUT2D eigenvalue weighted by Crippen LogP contribution is -2.27. The summed E-state index contributed by atoms with van der Waals surface area (Å²) in [6, 6.07) is 7.97. The number of carbonyl (C=O) groups is 2. The molecule has 7 heteroatoms. The zero-order valence-electron chi connectivity index (χ0n) is 14.2. The SMILES string of the molecule is Cc1ccc(Cn2nc(C)c(C(=O)OCC(=O)N(C)C)c2Cl)cc1. The van der Waals surface area contributed by atoms with Crippen LogP contribution in [-0.2, 0) is 16.1 Å². The minimum Gasteiger partial charge on any atom is -0.452 e. The molecule has 0 aliphatic rings. The van der Waals surface area contributed by atoms with Crippen molar-refractivity contribution in [2.75, 3.05) is 20.7 Å². The fourth-order valence-electron chi connectivity index (χ4n) is 2.08. The van der Waals surface area contributed by atoms with Gasteiger partial charge in [-0.15, -0.1) is 0 Å². The number of aromatic nitrogens is 2. The average Bonchev–Trinajstić information content (AvgIpc) is 2.81. The van der Waals surface area contributed by atoms with Crippen molar-refractivity contribution in [1.29, 1.82) is 0 Å². The Morgan fingerprint density at radius 3 is 2.42 bits per heavy atom. The minimum absolute atomic E-state index is 0.190. The fraction of sp³-hybridized carbons (Fsp3) is 0.353. The van der Waals surface area contributed by atoms with Gasteiger partial charge in [0.05, 0.1) is 12.2 Å². The van der Waals surface area contributed by atoms with E-state index in [0.717, 1.165) is 11.1 Å². The van der Waals surface area contributed by atoms with E-state index >= 15 is 0 Å². The van der Waals surface area contributed by atoms with Crippen LogP contribution in [0.3, 0.4) is 0 Å². The predicted octanol–water partition coefficient (Wildman–Crippen LogP) is 2.45. The molecule has 0 aliphatic heterocycles. The van der Waals surface area contributed by atoms with E-state index in [9.17, 15) is 9.59 Å². The Morgan fingerprint density at radius 2 is 1.83 bits per heavy atom. The first kappa shape index (κ1) is 18.0. The van der Waals surface area contributed by atoms with Crippen LogP contribution < -0.4 is 0 Å². The highest BCUT2D eigenvalue weighted by Crippen LogP contribution is 2.22. The number of ether oxygens (including phenoxy) is 1. The highest BCUT2D eigenvalue weighted by Gasteiger charge is 2.22. The van der Waals surface area contributed by atoms with Gasteiger partial charge in [0.2, 0.25) is 0 Å². The Balaban J connectivity index is 2.14. The Hall–Kier alpha value is -2.34. The van der Waals surface area contributed by atoms with Crippen molar-refractivity contribution in [1.82, 2.24) is 14.7 Å². The molecule has 0 saturated heterocycles. The van der Waals surface area contributed by atoms with Crippen LogP contribution in [0.1, 0.15) is 27.2 Å². The van der Waals surface area contributed by atoms with Crippen molar-refractivity contribution in [2.45, 2.75) is 20.4 Å². The van der Waals surface area contributed by atoms with Gasteiger partial charge in [-0.05, 0) is 19.4 Å². The Morgan fingerprint density at radius 1 is 1.21 bits per heavy atom. The molecule has 2 rings (SSSR count). The van der Waals surface area contributed by atoms with E-state index in [1.54, 1.807) is 25.7 Å². The number of esters is 1. The van der Waals surface area contributed by atoms with Crippen molar-refractivity contribution in [3.63, 3.8) is 0 Å². The topological polar surface area (TPSA) is 64.4 Å². The third kappa shape index (κ3) is 4.14. The van der Waals surface area contributed by atoms with Gasteiger partial charge in [-0.1, -0.05) is 41.4 Å². The standard InChI is InChI=1S/C17H20ClN3O3/c1-11-5-7-13(8-6-11)9-21-16(18)15(12(2)19-21)17(23)24-10-14(22)20(3)4/h5-8H,9-10H2,1-4H3. The van der Waals surface area contributed by atoms with Crippen LogP contribution in [0, 0.1) is 13.8 Å². The summed E-state index contributed by atoms with van der Waals surface area (Å²) >= 11 is 6.29. The van der Waals surface area contributed by atoms with Gasteiger partial charge in [0, 0.05) is 14.1 Å². The van der Waals surface area contributed by atoms with E-state index in [-0.39, 0.29) is 23.2 Å². The number of hydrogen-bond acceptors (Lipinski definition) is 4. The third-order valence-electron chi connectivity index (χ3n) is 3.55. The molecular weight excluding hydrogens is 330 g/mol. The lowest BCUT2D eigenvalue weighted by atomic mass is 10.1. The second-order valence-electron chi connectivity index (χ2n) is 5.76. The van der Waals surface area contributed by atoms with Crippen LogP contribution in [0.15, 0.2) is 24.3 Å². The first-order valence-electron chi connectivity index (χ1n) is 7.45. The Kier molecular flexibility index (Phi) is 5.62. The maximum atomic E-state index is 12.2. The van der Waals surface area contributed by atoms with Crippen LogP contribution >= 0.6 is 11.6 Å². The molecule has 128 valence electrons. The molecule has 0 atom stereocenters. The summed E-state index contributed by atoms with van der Waals surface area (Å²) in [5.41, 5.74) is 2.84. The maximum absolute atomic E-state index is 12.2. The summed E-state index contributed by atoms with van der Waals surface area (Å²) in [5.74, 6) is -0.952. The summed E-state index contributed by atoms with van der Waals surface area (Å²) in [4.78, 5) is 25.1. The molecule has 1 heterocycles. The van der Waals surface area contributed by atoms with Crippen molar-refractivity contribution in [2.24, 2.45) is 0 Å². The summed E-state index contributed by atoms with van der Waals surface area (Å²) in [7, 11) is 3.18. The van der Waals surface area contributed by atoms with Gasteiger partial charge < -0.3 is 9.64 Å². The number of rotatable bonds is 5. The molecule has 0 bridgehead atoms. The van der Waals surface area contributed by atoms with E-state index in [2.05, 4.69) is 5.10 Å². The number of amides is 1. The van der Waals surface area contributed by atoms with E-state index in [1.807, 2.05) is 31.2 Å². The van der Waals surface area contributed by atoms with E-state index in [1.165, 1.54) is 4.90 Å². The number of likely N-dealkylation sites (N-methyl/N-ethyl adjacent to an activating group) is 1. The zero-order chi connectivity index (χ0) is 17.9. The van der Waals surface area contributed by atoms with Gasteiger partial charge in [0.15, 0.2) is 6.61 Å². The number of halogens is 1. The highest BCUT2D eigenvalue weighted by molar-refractivity contribution is 6.32. The molecule has 1 aromatic heterocycles. The van der Waals surface area contributed by atoms with E-state index in [0.29, 0.717) is 12.2 Å². The van der Waals surface area contributed by atoms with Crippen LogP contribution in [0.5, 0.6) is 0 Å². The largest absolute Gasteiger partial charge is 0.452 e. The number of nitrogens with zero attached hydrogens (tertiary/aromatic N) is 3. The second-order valence-corrected chi connectivity index (χ2v) is 6.12. The molecule has 24 heavy (non-hydrogen) atoms. The lowest BCUT2D eigenvalue weighted by molar-refractivity contribution is -0.131. The predicted molar refractivity (Wildman–Crippen MR) is 91.2 cm³/mol. The summed E-state index contributed by atoms with van der Waals surface area (Å²) < 4.78 is 6.57. The van der Waals surface area contributed by atoms with Gasteiger partial charge in [-0.2, -0.15) is 5.10 Å². The van der Waals surface area contributed by atoms with Crippen LogP contribution in [0.4, 0.5) is 0 Å². The first-order chi connectivity index (χ1) is 11.3. The Labute approximate surface area is 146 Å². The van der Waals surface area contributed by atoms with Crippen molar-refractivity contribution in [3.8, 4) is 0 Å². The van der Waals surface area contributed by atoms with E-state index in [4.69, 9.17) is 16.3 Å². The average molecular weight is 350 g/mol. The number of aryl methyl sites for hydroxylation is 2. The number of benzene rings is 1. The number of hydrogen-bond donors (Lipinski definition) is 0. The summed E-state index contributed by atoms with van der Waals surface area (Å²) in [6.07, 6.45) is 0. The molecule has 0 fully saturated rings. The normalized spacial score (nSPS) is 10.5. The van der Waals surface area contributed by atoms with E-state index < -0.39 is 5.97 Å². The van der Waals surface area contributed by atoms with Crippen LogP contribution in [-0.4, -0.2) is 47.3 Å². The summed E-state index contributed by atoms with van der Waals surface area (Å²) in [6.45, 7) is 3.81. The molecular formula is C17H20ClN3O3. The lowest BCUT2D eigenvalue weighted by Gasteiger charge is -2.10. The highest BCUT2D eigenvalue weighted by atomic mass is 35.5.